The van der Waals surface area contributed by atoms with Crippen molar-refractivity contribution >= 4 is 6.08 Å². The molecule has 0 saturated heterocycles. The summed E-state index contributed by atoms with van der Waals surface area (Å²) in [5.41, 5.74) is 2.50. The molecule has 0 aliphatic rings. The molecular formula is C17H27NO2. The Hall–Kier alpha value is -1.48. The lowest BCUT2D eigenvalue weighted by Gasteiger charge is -2.15. The van der Waals surface area contributed by atoms with Crippen LogP contribution in [0.4, 0.5) is 0 Å². The number of nitrogens with one attached hydrogen (secondary N) is 1. The normalized spacial score (nSPS) is 12.1. The van der Waals surface area contributed by atoms with E-state index in [-0.39, 0.29) is 6.10 Å². The molecule has 0 saturated carbocycles. The molecule has 0 heterocycles. The summed E-state index contributed by atoms with van der Waals surface area (Å²) in [4.78, 5) is 0. The van der Waals surface area contributed by atoms with E-state index in [9.17, 15) is 0 Å². The van der Waals surface area contributed by atoms with Crippen LogP contribution < -0.4 is 14.8 Å². The summed E-state index contributed by atoms with van der Waals surface area (Å²) in [5.74, 6) is 2.08. The van der Waals surface area contributed by atoms with Crippen molar-refractivity contribution in [3.8, 4) is 11.5 Å². The summed E-state index contributed by atoms with van der Waals surface area (Å²) in [6.45, 7) is 9.33. The number of likely N-dealkylation sites (N-methyl/N-ethyl adjacent to an activating group) is 1. The average molecular weight is 277 g/mol. The summed E-state index contributed by atoms with van der Waals surface area (Å²) in [6, 6.07) is 6.07. The van der Waals surface area contributed by atoms with Crippen LogP contribution in [0.2, 0.25) is 0 Å². The van der Waals surface area contributed by atoms with Crippen molar-refractivity contribution in [2.24, 2.45) is 5.92 Å². The molecule has 3 nitrogen and oxygen atoms in total. The van der Waals surface area contributed by atoms with Gasteiger partial charge in [-0.25, -0.2) is 0 Å². The second-order valence-electron chi connectivity index (χ2n) is 5.48. The molecule has 0 fully saturated rings. The highest BCUT2D eigenvalue weighted by molar-refractivity contribution is 5.58. The summed E-state index contributed by atoms with van der Waals surface area (Å²) >= 11 is 0. The standard InChI is InChI=1S/C17H27NO2/c1-12(2)15(11-18-5)9-14-7-8-16(20-13(3)4)17(10-14)19-6/h7-10,12-13,18H,11H2,1-6H3. The summed E-state index contributed by atoms with van der Waals surface area (Å²) in [7, 11) is 3.64. The van der Waals surface area contributed by atoms with E-state index in [0.29, 0.717) is 5.92 Å². The van der Waals surface area contributed by atoms with E-state index >= 15 is 0 Å². The van der Waals surface area contributed by atoms with Crippen LogP contribution in [0, 0.1) is 5.92 Å². The van der Waals surface area contributed by atoms with Crippen LogP contribution >= 0.6 is 0 Å². The van der Waals surface area contributed by atoms with Crippen LogP contribution in [0.15, 0.2) is 23.8 Å². The lowest BCUT2D eigenvalue weighted by atomic mass is 10.00. The molecule has 0 spiro atoms. The Balaban J connectivity index is 3.05. The first kappa shape index (κ1) is 16.6. The van der Waals surface area contributed by atoms with Gasteiger partial charge in [-0.2, -0.15) is 0 Å². The zero-order chi connectivity index (χ0) is 15.1. The van der Waals surface area contributed by atoms with E-state index in [0.717, 1.165) is 23.6 Å². The average Bonchev–Trinajstić information content (AvgIpc) is 2.39. The second-order valence-corrected chi connectivity index (χ2v) is 5.48. The maximum atomic E-state index is 5.73. The first-order chi connectivity index (χ1) is 9.47. The van der Waals surface area contributed by atoms with Gasteiger partial charge in [0, 0.05) is 6.54 Å². The van der Waals surface area contributed by atoms with Crippen LogP contribution in [0.5, 0.6) is 11.5 Å². The molecule has 0 bridgehead atoms. The van der Waals surface area contributed by atoms with Crippen molar-refractivity contribution in [3.63, 3.8) is 0 Å². The number of ether oxygens (including phenoxy) is 2. The van der Waals surface area contributed by atoms with Crippen molar-refractivity contribution in [2.45, 2.75) is 33.8 Å². The van der Waals surface area contributed by atoms with Crippen LogP contribution in [0.3, 0.4) is 0 Å². The minimum atomic E-state index is 0.140. The molecule has 0 radical (unpaired) electrons. The lowest BCUT2D eigenvalue weighted by Crippen LogP contribution is -2.13. The minimum absolute atomic E-state index is 0.140. The SMILES string of the molecule is CNCC(=Cc1ccc(OC(C)C)c(OC)c1)C(C)C. The number of hydrogen-bond donors (Lipinski definition) is 1. The van der Waals surface area contributed by atoms with Gasteiger partial charge in [-0.3, -0.25) is 0 Å². The Morgan fingerprint density at radius 3 is 2.40 bits per heavy atom. The molecule has 0 aromatic heterocycles. The Morgan fingerprint density at radius 1 is 1.20 bits per heavy atom. The summed E-state index contributed by atoms with van der Waals surface area (Å²) in [6.07, 6.45) is 2.35. The number of hydrogen-bond acceptors (Lipinski definition) is 3. The van der Waals surface area contributed by atoms with Gasteiger partial charge < -0.3 is 14.8 Å². The van der Waals surface area contributed by atoms with Gasteiger partial charge >= 0.3 is 0 Å². The smallest absolute Gasteiger partial charge is 0.161 e. The van der Waals surface area contributed by atoms with Gasteiger partial charge in [-0.1, -0.05) is 31.6 Å². The Labute approximate surface area is 123 Å². The molecule has 0 aliphatic carbocycles. The molecule has 1 rings (SSSR count). The minimum Gasteiger partial charge on any atom is -0.493 e. The fourth-order valence-corrected chi connectivity index (χ4v) is 1.97. The first-order valence-corrected chi connectivity index (χ1v) is 7.17. The molecule has 3 heteroatoms. The van der Waals surface area contributed by atoms with Gasteiger partial charge in [-0.15, -0.1) is 0 Å². The van der Waals surface area contributed by atoms with Crippen molar-refractivity contribution in [1.82, 2.24) is 5.32 Å². The molecule has 0 unspecified atom stereocenters. The Morgan fingerprint density at radius 2 is 1.90 bits per heavy atom. The number of benzene rings is 1. The fourth-order valence-electron chi connectivity index (χ4n) is 1.97. The molecule has 1 N–H and O–H groups in total. The zero-order valence-corrected chi connectivity index (χ0v) is 13.5. The van der Waals surface area contributed by atoms with Gasteiger partial charge in [0.25, 0.3) is 0 Å². The molecule has 0 atom stereocenters. The molecule has 0 aliphatic heterocycles. The van der Waals surface area contributed by atoms with E-state index in [2.05, 4.69) is 31.3 Å². The molecule has 1 aromatic rings. The van der Waals surface area contributed by atoms with Gasteiger partial charge in [0.1, 0.15) is 0 Å². The van der Waals surface area contributed by atoms with Gasteiger partial charge in [0.15, 0.2) is 11.5 Å². The number of methoxy groups -OCH3 is 1. The summed E-state index contributed by atoms with van der Waals surface area (Å²) in [5, 5.41) is 3.21. The van der Waals surface area contributed by atoms with Crippen LogP contribution in [0.1, 0.15) is 33.3 Å². The third-order valence-electron chi connectivity index (χ3n) is 3.02. The maximum Gasteiger partial charge on any atom is 0.161 e. The van der Waals surface area contributed by atoms with Crippen LogP contribution in [-0.4, -0.2) is 26.8 Å². The first-order valence-electron chi connectivity index (χ1n) is 7.17. The third kappa shape index (κ3) is 4.89. The quantitative estimate of drug-likeness (QED) is 0.823. The van der Waals surface area contributed by atoms with Gasteiger partial charge in [-0.05, 0) is 44.5 Å². The number of rotatable bonds is 7. The van der Waals surface area contributed by atoms with Crippen molar-refractivity contribution in [2.75, 3.05) is 20.7 Å². The molecule has 112 valence electrons. The Kier molecular flexibility index (Phi) is 6.59. The molecular weight excluding hydrogens is 250 g/mol. The van der Waals surface area contributed by atoms with Crippen LogP contribution in [-0.2, 0) is 0 Å². The highest BCUT2D eigenvalue weighted by atomic mass is 16.5. The zero-order valence-electron chi connectivity index (χ0n) is 13.5. The predicted molar refractivity (Wildman–Crippen MR) is 85.5 cm³/mol. The second kappa shape index (κ2) is 7.95. The maximum absolute atomic E-state index is 5.73. The molecule has 20 heavy (non-hydrogen) atoms. The molecule has 1 aromatic carbocycles. The largest absolute Gasteiger partial charge is 0.493 e. The highest BCUT2D eigenvalue weighted by Crippen LogP contribution is 2.30. The fraction of sp³-hybridized carbons (Fsp3) is 0.529. The van der Waals surface area contributed by atoms with Crippen LogP contribution in [0.25, 0.3) is 6.08 Å². The highest BCUT2D eigenvalue weighted by Gasteiger charge is 2.08. The van der Waals surface area contributed by atoms with Crippen molar-refractivity contribution in [1.29, 1.82) is 0 Å². The van der Waals surface area contributed by atoms with E-state index in [4.69, 9.17) is 9.47 Å². The lowest BCUT2D eigenvalue weighted by molar-refractivity contribution is 0.230. The van der Waals surface area contributed by atoms with Gasteiger partial charge in [0.05, 0.1) is 13.2 Å². The Bertz CT molecular complexity index is 450. The predicted octanol–water partition coefficient (Wildman–Crippen LogP) is 3.74. The summed E-state index contributed by atoms with van der Waals surface area (Å²) < 4.78 is 11.2. The van der Waals surface area contributed by atoms with E-state index in [1.54, 1.807) is 7.11 Å². The van der Waals surface area contributed by atoms with E-state index in [1.807, 2.05) is 33.0 Å². The monoisotopic (exact) mass is 277 g/mol. The van der Waals surface area contributed by atoms with E-state index < -0.39 is 0 Å². The topological polar surface area (TPSA) is 30.5 Å². The van der Waals surface area contributed by atoms with Crippen molar-refractivity contribution in [3.05, 3.63) is 29.3 Å². The van der Waals surface area contributed by atoms with Gasteiger partial charge in [0.2, 0.25) is 0 Å². The van der Waals surface area contributed by atoms with E-state index in [1.165, 1.54) is 5.57 Å². The molecule has 0 amide bonds. The third-order valence-corrected chi connectivity index (χ3v) is 3.02. The van der Waals surface area contributed by atoms with Crippen molar-refractivity contribution < 1.29 is 9.47 Å².